The fraction of sp³-hybridized carbons (Fsp3) is 0.600. The Bertz CT molecular complexity index is 1290. The first-order chi connectivity index (χ1) is 16.5. The summed E-state index contributed by atoms with van der Waals surface area (Å²) in [5.41, 5.74) is 3.48. The molecule has 2 aromatic heterocycles. The van der Waals surface area contributed by atoms with Crippen molar-refractivity contribution in [2.75, 3.05) is 24.5 Å². The number of hydrogen-bond acceptors (Lipinski definition) is 7. The van der Waals surface area contributed by atoms with E-state index in [9.17, 15) is 13.7 Å². The Morgan fingerprint density at radius 1 is 1.26 bits per heavy atom. The van der Waals surface area contributed by atoms with Crippen LogP contribution in [0.1, 0.15) is 68.8 Å². The second-order valence-corrected chi connectivity index (χ2v) is 14.5. The third kappa shape index (κ3) is 4.60. The van der Waals surface area contributed by atoms with Crippen LogP contribution in [0.4, 0.5) is 5.82 Å². The van der Waals surface area contributed by atoms with E-state index in [1.165, 1.54) is 0 Å². The zero-order valence-electron chi connectivity index (χ0n) is 20.5. The van der Waals surface area contributed by atoms with Crippen LogP contribution in [0.2, 0.25) is 4.34 Å². The minimum absolute atomic E-state index is 0.0846. The lowest BCUT2D eigenvalue weighted by Gasteiger charge is -2.43. The summed E-state index contributed by atoms with van der Waals surface area (Å²) >= 11 is 7.13. The van der Waals surface area contributed by atoms with Gasteiger partial charge in [0.2, 0.25) is 0 Å². The average molecular weight is 535 g/mol. The van der Waals surface area contributed by atoms with Gasteiger partial charge in [0.25, 0.3) is 10.0 Å². The van der Waals surface area contributed by atoms with Gasteiger partial charge in [0.15, 0.2) is 0 Å². The van der Waals surface area contributed by atoms with Crippen molar-refractivity contribution in [2.45, 2.75) is 75.3 Å². The molecule has 188 valence electrons. The van der Waals surface area contributed by atoms with Gasteiger partial charge in [0.05, 0.1) is 27.8 Å². The predicted octanol–water partition coefficient (Wildman–Crippen LogP) is 4.93. The quantitative estimate of drug-likeness (QED) is 0.540. The smallest absolute Gasteiger partial charge is 0.252 e. The van der Waals surface area contributed by atoms with Crippen molar-refractivity contribution in [3.05, 3.63) is 38.9 Å². The number of nitriles is 1. The molecule has 1 aliphatic carbocycles. The lowest BCUT2D eigenvalue weighted by Crippen LogP contribution is -2.57. The highest BCUT2D eigenvalue weighted by atomic mass is 35.5. The number of anilines is 1. The van der Waals surface area contributed by atoms with Crippen molar-refractivity contribution in [2.24, 2.45) is 5.92 Å². The Kier molecular flexibility index (Phi) is 6.42. The maximum Gasteiger partial charge on any atom is 0.252 e. The van der Waals surface area contributed by atoms with Crippen LogP contribution in [0, 0.1) is 17.2 Å². The fourth-order valence-electron chi connectivity index (χ4n) is 5.20. The number of aromatic nitrogens is 1. The van der Waals surface area contributed by atoms with Gasteiger partial charge in [0.1, 0.15) is 16.1 Å². The number of ether oxygens (including phenoxy) is 1. The van der Waals surface area contributed by atoms with E-state index in [4.69, 9.17) is 21.3 Å². The number of hydrogen-bond donors (Lipinski definition) is 0. The Hall–Kier alpha value is -1.70. The van der Waals surface area contributed by atoms with E-state index in [1.54, 1.807) is 16.4 Å². The highest BCUT2D eigenvalue weighted by Crippen LogP contribution is 2.46. The maximum absolute atomic E-state index is 13.5. The maximum atomic E-state index is 13.5. The minimum atomic E-state index is -3.66. The number of sulfonamides is 1. The summed E-state index contributed by atoms with van der Waals surface area (Å²) in [7, 11) is -3.66. The van der Waals surface area contributed by atoms with Gasteiger partial charge in [-0.3, -0.25) is 0 Å². The molecule has 3 aliphatic rings. The molecule has 2 fully saturated rings. The molecule has 0 aromatic carbocycles. The number of nitrogens with zero attached hydrogens (tertiary/aromatic N) is 4. The molecule has 0 bridgehead atoms. The van der Waals surface area contributed by atoms with E-state index < -0.39 is 10.0 Å². The minimum Gasteiger partial charge on any atom is -0.370 e. The van der Waals surface area contributed by atoms with Gasteiger partial charge in [-0.15, -0.1) is 11.3 Å². The third-order valence-electron chi connectivity index (χ3n) is 7.26. The highest BCUT2D eigenvalue weighted by Gasteiger charge is 2.41. The topological polar surface area (TPSA) is 86.5 Å². The number of thiophene rings is 1. The van der Waals surface area contributed by atoms with E-state index in [0.717, 1.165) is 41.0 Å². The zero-order chi connectivity index (χ0) is 25.1. The molecule has 35 heavy (non-hydrogen) atoms. The normalized spacial score (nSPS) is 22.8. The van der Waals surface area contributed by atoms with Gasteiger partial charge in [-0.05, 0) is 50.3 Å². The highest BCUT2D eigenvalue weighted by molar-refractivity contribution is 7.91. The molecule has 5 rings (SSSR count). The van der Waals surface area contributed by atoms with Gasteiger partial charge >= 0.3 is 0 Å². The number of pyridine rings is 1. The lowest BCUT2D eigenvalue weighted by atomic mass is 9.87. The summed E-state index contributed by atoms with van der Waals surface area (Å²) < 4.78 is 35.4. The molecule has 2 aliphatic heterocycles. The summed E-state index contributed by atoms with van der Waals surface area (Å²) in [5.74, 6) is 1.21. The van der Waals surface area contributed by atoms with E-state index in [1.807, 2.05) is 13.8 Å². The summed E-state index contributed by atoms with van der Waals surface area (Å²) in [4.78, 5) is 7.20. The van der Waals surface area contributed by atoms with E-state index in [0.29, 0.717) is 54.3 Å². The standard InChI is InChI=1S/C25H31ClN4O3S2/c1-15(2)20-13-29(9-10-30(20)35(31,32)22-8-7-21(26)34-22)24-18(12-27)17-11-25(3,4)33-14-19(17)23(28-24)16-5-6-16/h7-8,15-16,20H,5-6,9-11,13-14H2,1-4H3. The molecule has 2 aromatic rings. The zero-order valence-corrected chi connectivity index (χ0v) is 22.9. The molecular formula is C25H31ClN4O3S2. The first kappa shape index (κ1) is 25.0. The molecular weight excluding hydrogens is 504 g/mol. The largest absolute Gasteiger partial charge is 0.370 e. The van der Waals surface area contributed by atoms with Crippen molar-refractivity contribution in [3.63, 3.8) is 0 Å². The Labute approximate surface area is 216 Å². The monoisotopic (exact) mass is 534 g/mol. The SMILES string of the molecule is CC(C)C1CN(c2nc(C3CC3)c3c(c2C#N)CC(C)(C)OC3)CCN1S(=O)(=O)c1ccc(Cl)s1. The summed E-state index contributed by atoms with van der Waals surface area (Å²) in [6.45, 7) is 9.98. The predicted molar refractivity (Wildman–Crippen MR) is 138 cm³/mol. The van der Waals surface area contributed by atoms with E-state index in [2.05, 4.69) is 24.8 Å². The molecule has 1 atom stereocenters. The molecule has 0 amide bonds. The van der Waals surface area contributed by atoms with Crippen LogP contribution in [0.15, 0.2) is 16.3 Å². The number of piperazine rings is 1. The molecule has 1 saturated carbocycles. The molecule has 7 nitrogen and oxygen atoms in total. The van der Waals surface area contributed by atoms with Crippen LogP contribution >= 0.6 is 22.9 Å². The van der Waals surface area contributed by atoms with Crippen molar-refractivity contribution in [1.82, 2.24) is 9.29 Å². The van der Waals surface area contributed by atoms with Crippen LogP contribution < -0.4 is 4.90 Å². The molecule has 10 heteroatoms. The van der Waals surface area contributed by atoms with Crippen molar-refractivity contribution >= 4 is 38.8 Å². The Balaban J connectivity index is 1.53. The summed E-state index contributed by atoms with van der Waals surface area (Å²) in [5, 5.41) is 10.3. The van der Waals surface area contributed by atoms with Crippen LogP contribution in [-0.2, 0) is 27.8 Å². The first-order valence-electron chi connectivity index (χ1n) is 12.1. The van der Waals surface area contributed by atoms with Gasteiger partial charge < -0.3 is 9.64 Å². The van der Waals surface area contributed by atoms with Crippen LogP contribution in [-0.4, -0.2) is 49.0 Å². The molecule has 0 spiro atoms. The van der Waals surface area contributed by atoms with Gasteiger partial charge in [-0.1, -0.05) is 25.4 Å². The number of halogens is 1. The van der Waals surface area contributed by atoms with E-state index >= 15 is 0 Å². The third-order valence-corrected chi connectivity index (χ3v) is 10.9. The van der Waals surface area contributed by atoms with Crippen LogP contribution in [0.3, 0.4) is 0 Å². The number of fused-ring (bicyclic) bond motifs is 1. The molecule has 1 unspecified atom stereocenters. The van der Waals surface area contributed by atoms with E-state index in [-0.39, 0.29) is 21.8 Å². The molecule has 1 saturated heterocycles. The molecule has 0 N–H and O–H groups in total. The van der Waals surface area contributed by atoms with Crippen molar-refractivity contribution in [1.29, 1.82) is 5.26 Å². The summed E-state index contributed by atoms with van der Waals surface area (Å²) in [6.07, 6.45) is 2.89. The fourth-order valence-corrected chi connectivity index (χ4v) is 8.55. The average Bonchev–Trinajstić information content (AvgIpc) is 3.56. The van der Waals surface area contributed by atoms with Gasteiger partial charge in [-0.2, -0.15) is 9.57 Å². The van der Waals surface area contributed by atoms with Gasteiger partial charge in [0, 0.05) is 43.6 Å². The number of rotatable bonds is 5. The second kappa shape index (κ2) is 9.00. The Morgan fingerprint density at radius 3 is 2.60 bits per heavy atom. The van der Waals surface area contributed by atoms with Crippen molar-refractivity contribution < 1.29 is 13.2 Å². The van der Waals surface area contributed by atoms with Gasteiger partial charge in [-0.25, -0.2) is 13.4 Å². The molecule has 4 heterocycles. The molecule has 0 radical (unpaired) electrons. The van der Waals surface area contributed by atoms with Crippen molar-refractivity contribution in [3.8, 4) is 6.07 Å². The van der Waals surface area contributed by atoms with Crippen LogP contribution in [0.25, 0.3) is 0 Å². The lowest BCUT2D eigenvalue weighted by molar-refractivity contribution is -0.0407. The Morgan fingerprint density at radius 2 is 2.00 bits per heavy atom. The first-order valence-corrected chi connectivity index (χ1v) is 14.8. The second-order valence-electron chi connectivity index (χ2n) is 10.7. The van der Waals surface area contributed by atoms with Crippen LogP contribution in [0.5, 0.6) is 0 Å². The summed E-state index contributed by atoms with van der Waals surface area (Å²) in [6, 6.07) is 5.41.